The molecule has 34 heavy (non-hydrogen) atoms. The molecule has 0 amide bonds. The molecule has 200 valence electrons. The summed E-state index contributed by atoms with van der Waals surface area (Å²) in [6, 6.07) is 4.34. The molecule has 0 aliphatic rings. The van der Waals surface area contributed by atoms with Gasteiger partial charge in [-0.2, -0.15) is 0 Å². The number of hydrogen-bond acceptors (Lipinski definition) is 4. The minimum Gasteiger partial charge on any atom is -0.507 e. The topological polar surface area (TPSA) is 107 Å². The van der Waals surface area contributed by atoms with Crippen molar-refractivity contribution in [2.45, 2.75) is 118 Å². The summed E-state index contributed by atoms with van der Waals surface area (Å²) >= 11 is 0. The first kappa shape index (κ1) is 33.1. The van der Waals surface area contributed by atoms with Crippen molar-refractivity contribution in [3.05, 3.63) is 28.8 Å². The fourth-order valence-corrected chi connectivity index (χ4v) is 4.01. The molecule has 1 aromatic carbocycles. The van der Waals surface area contributed by atoms with Gasteiger partial charge in [0.1, 0.15) is 5.75 Å². The zero-order valence-corrected chi connectivity index (χ0v) is 24.3. The zero-order chi connectivity index (χ0) is 27.2. The van der Waals surface area contributed by atoms with Crippen LogP contribution in [0.5, 0.6) is 5.75 Å². The van der Waals surface area contributed by atoms with Crippen LogP contribution in [-0.4, -0.2) is 33.2 Å². The van der Waals surface area contributed by atoms with E-state index in [0.717, 1.165) is 30.4 Å². The van der Waals surface area contributed by atoms with Crippen molar-refractivity contribution in [2.75, 3.05) is 13.2 Å². The Kier molecular flexibility index (Phi) is 12.0. The molecule has 0 aliphatic carbocycles. The number of benzene rings is 1. The van der Waals surface area contributed by atoms with Crippen molar-refractivity contribution in [1.29, 1.82) is 0 Å². The molecule has 0 heterocycles. The van der Waals surface area contributed by atoms with E-state index in [0.29, 0.717) is 12.2 Å². The highest BCUT2D eigenvalue weighted by molar-refractivity contribution is 7.46. The Morgan fingerprint density at radius 2 is 1.29 bits per heavy atom. The number of phosphoric acid groups is 1. The van der Waals surface area contributed by atoms with Crippen LogP contribution in [0.4, 0.5) is 0 Å². The first-order chi connectivity index (χ1) is 15.1. The van der Waals surface area contributed by atoms with Crippen LogP contribution in [0.15, 0.2) is 12.1 Å². The third-order valence-corrected chi connectivity index (χ3v) is 6.74. The fourth-order valence-electron chi connectivity index (χ4n) is 3.57. The van der Waals surface area contributed by atoms with Gasteiger partial charge in [0.25, 0.3) is 0 Å². The summed E-state index contributed by atoms with van der Waals surface area (Å²) in [5, 5.41) is 19.9. The number of aromatic hydroxyl groups is 1. The second kappa shape index (κ2) is 12.4. The largest absolute Gasteiger partial charge is 0.507 e. The number of phenols is 1. The molecule has 0 spiro atoms. The van der Waals surface area contributed by atoms with Gasteiger partial charge in [-0.15, -0.1) is 0 Å². The Hall–Kier alpha value is -0.910. The van der Waals surface area contributed by atoms with E-state index < -0.39 is 13.2 Å². The van der Waals surface area contributed by atoms with E-state index in [2.05, 4.69) is 79.0 Å². The lowest BCUT2D eigenvalue weighted by Gasteiger charge is -2.31. The fraction of sp³-hybridized carbons (Fsp3) is 0.778. The molecule has 0 saturated heterocycles. The first-order valence-corrected chi connectivity index (χ1v) is 13.9. The minimum absolute atomic E-state index is 0.0503. The molecular weight excluding hydrogens is 451 g/mol. The Morgan fingerprint density at radius 3 is 1.56 bits per heavy atom. The Labute approximate surface area is 208 Å². The molecule has 0 radical (unpaired) electrons. The predicted molar refractivity (Wildman–Crippen MR) is 142 cm³/mol. The third kappa shape index (κ3) is 10.8. The maximum atomic E-state index is 10.7. The van der Waals surface area contributed by atoms with Crippen molar-refractivity contribution in [1.82, 2.24) is 0 Å². The molecule has 0 fully saturated rings. The quantitative estimate of drug-likeness (QED) is 0.286. The molecule has 0 aliphatic heterocycles. The number of rotatable bonds is 8. The number of hydrogen-bond donors (Lipinski definition) is 4. The molecule has 1 rings (SSSR count). The van der Waals surface area contributed by atoms with Crippen LogP contribution < -0.4 is 0 Å². The average molecular weight is 503 g/mol. The number of aliphatic hydroxyl groups excluding tert-OH is 1. The highest BCUT2D eigenvalue weighted by Crippen LogP contribution is 2.42. The van der Waals surface area contributed by atoms with Crippen molar-refractivity contribution < 1.29 is 29.1 Å². The van der Waals surface area contributed by atoms with Gasteiger partial charge in [0, 0.05) is 5.41 Å². The maximum absolute atomic E-state index is 10.7. The average Bonchev–Trinajstić information content (AvgIpc) is 2.66. The Morgan fingerprint density at radius 1 is 0.853 bits per heavy atom. The van der Waals surface area contributed by atoms with Gasteiger partial charge in [0.2, 0.25) is 0 Å². The summed E-state index contributed by atoms with van der Waals surface area (Å²) in [6.45, 7) is 23.3. The van der Waals surface area contributed by atoms with Gasteiger partial charge in [-0.05, 0) is 45.8 Å². The first-order valence-electron chi connectivity index (χ1n) is 12.3. The molecule has 6 nitrogen and oxygen atoms in total. The molecule has 7 heteroatoms. The molecule has 1 atom stereocenters. The SMILES string of the molecule is CC(C)(C)c1cc(C(C)(C)C)c(O)c(C(C)(C)C)c1.CCCCC(CC)(CO)COP(=O)(O)O. The third-order valence-electron chi connectivity index (χ3n) is 6.28. The van der Waals surface area contributed by atoms with Crippen LogP contribution in [-0.2, 0) is 25.3 Å². The van der Waals surface area contributed by atoms with E-state index in [-0.39, 0.29) is 29.5 Å². The summed E-state index contributed by atoms with van der Waals surface area (Å²) in [7, 11) is -4.43. The van der Waals surface area contributed by atoms with Gasteiger partial charge in [-0.3, -0.25) is 4.52 Å². The van der Waals surface area contributed by atoms with Crippen LogP contribution in [0.3, 0.4) is 0 Å². The molecule has 4 N–H and O–H groups in total. The summed E-state index contributed by atoms with van der Waals surface area (Å²) in [6.07, 6.45) is 3.26. The highest BCUT2D eigenvalue weighted by atomic mass is 31.2. The van der Waals surface area contributed by atoms with Gasteiger partial charge >= 0.3 is 7.82 Å². The predicted octanol–water partition coefficient (Wildman–Crippen LogP) is 6.96. The second-order valence-electron chi connectivity index (χ2n) is 12.5. The lowest BCUT2D eigenvalue weighted by molar-refractivity contribution is 0.0387. The normalized spacial score (nSPS) is 14.9. The van der Waals surface area contributed by atoms with E-state index in [9.17, 15) is 14.8 Å². The van der Waals surface area contributed by atoms with Gasteiger partial charge < -0.3 is 20.0 Å². The smallest absolute Gasteiger partial charge is 0.469 e. The lowest BCUT2D eigenvalue weighted by Crippen LogP contribution is -2.30. The van der Waals surface area contributed by atoms with E-state index >= 15 is 0 Å². The number of phenolic OH excluding ortho intramolecular Hbond substituents is 1. The molecule has 0 saturated carbocycles. The van der Waals surface area contributed by atoms with Gasteiger partial charge in [0.05, 0.1) is 13.2 Å². The number of unbranched alkanes of at least 4 members (excludes halogenated alkanes) is 1. The maximum Gasteiger partial charge on any atom is 0.469 e. The summed E-state index contributed by atoms with van der Waals surface area (Å²) in [4.78, 5) is 17.2. The molecular formula is C27H51O6P. The number of aliphatic hydroxyl groups is 1. The van der Waals surface area contributed by atoms with Crippen LogP contribution in [0.25, 0.3) is 0 Å². The van der Waals surface area contributed by atoms with Crippen LogP contribution in [0.2, 0.25) is 0 Å². The van der Waals surface area contributed by atoms with E-state index in [1.54, 1.807) is 0 Å². The Balaban J connectivity index is 0.000000661. The van der Waals surface area contributed by atoms with Crippen LogP contribution in [0.1, 0.15) is 119 Å². The van der Waals surface area contributed by atoms with Crippen molar-refractivity contribution in [2.24, 2.45) is 5.41 Å². The second-order valence-corrected chi connectivity index (χ2v) is 13.8. The van der Waals surface area contributed by atoms with Crippen molar-refractivity contribution in [3.8, 4) is 5.75 Å². The zero-order valence-electron chi connectivity index (χ0n) is 23.4. The lowest BCUT2D eigenvalue weighted by atomic mass is 9.75. The van der Waals surface area contributed by atoms with E-state index in [1.165, 1.54) is 5.56 Å². The van der Waals surface area contributed by atoms with Crippen LogP contribution in [0, 0.1) is 5.41 Å². The summed E-state index contributed by atoms with van der Waals surface area (Å²) < 4.78 is 15.1. The van der Waals surface area contributed by atoms with E-state index in [1.807, 2.05) is 13.8 Å². The van der Waals surface area contributed by atoms with Gasteiger partial charge in [-0.25, -0.2) is 4.57 Å². The Bertz CT molecular complexity index is 767. The highest BCUT2D eigenvalue weighted by Gasteiger charge is 2.31. The van der Waals surface area contributed by atoms with Crippen molar-refractivity contribution >= 4 is 7.82 Å². The van der Waals surface area contributed by atoms with Crippen molar-refractivity contribution in [3.63, 3.8) is 0 Å². The molecule has 0 aromatic heterocycles. The minimum atomic E-state index is -4.43. The van der Waals surface area contributed by atoms with E-state index in [4.69, 9.17) is 9.79 Å². The molecule has 1 unspecified atom stereocenters. The number of phosphoric ester groups is 1. The molecule has 1 aromatic rings. The summed E-state index contributed by atoms with van der Waals surface area (Å²) in [5.41, 5.74) is 2.86. The standard InChI is InChI=1S/C18H30O.C9H21O5P/c1-16(2,3)12-10-13(17(4,5)6)15(19)14(11-12)18(7,8)9;1-3-5-6-9(4-2,7-10)8-14-15(11,12)13/h10-11,19H,1-9H3;10H,3-8H2,1-2H3,(H2,11,12,13). The van der Waals surface area contributed by atoms with Crippen LogP contribution >= 0.6 is 7.82 Å². The monoisotopic (exact) mass is 502 g/mol. The van der Waals surface area contributed by atoms with Gasteiger partial charge in [-0.1, -0.05) is 101 Å². The van der Waals surface area contributed by atoms with Gasteiger partial charge in [0.15, 0.2) is 0 Å². The molecule has 0 bridgehead atoms. The summed E-state index contributed by atoms with van der Waals surface area (Å²) in [5.74, 6) is 0.466.